The minimum atomic E-state index is -0.266. The summed E-state index contributed by atoms with van der Waals surface area (Å²) >= 11 is 0. The zero-order chi connectivity index (χ0) is 14.3. The summed E-state index contributed by atoms with van der Waals surface area (Å²) in [5, 5.41) is 0. The second-order valence-electron chi connectivity index (χ2n) is 7.31. The lowest BCUT2D eigenvalue weighted by Gasteiger charge is -2.24. The van der Waals surface area contributed by atoms with Crippen molar-refractivity contribution in [2.45, 2.75) is 71.5 Å². The Labute approximate surface area is 116 Å². The smallest absolute Gasteiger partial charge is 0.257 e. The first kappa shape index (κ1) is 14.2. The molecule has 3 nitrogen and oxygen atoms in total. The molecule has 1 heterocycles. The van der Waals surface area contributed by atoms with E-state index in [9.17, 15) is 0 Å². The van der Waals surface area contributed by atoms with Crippen molar-refractivity contribution in [3.63, 3.8) is 0 Å². The molecule has 0 aromatic carbocycles. The van der Waals surface area contributed by atoms with Gasteiger partial charge in [0.1, 0.15) is 5.60 Å². The summed E-state index contributed by atoms with van der Waals surface area (Å²) in [6.07, 6.45) is 4.50. The van der Waals surface area contributed by atoms with Gasteiger partial charge in [0.15, 0.2) is 5.75 Å². The number of rotatable bonds is 3. The summed E-state index contributed by atoms with van der Waals surface area (Å²) in [6, 6.07) is 2.08. The number of pyridine rings is 1. The summed E-state index contributed by atoms with van der Waals surface area (Å²) in [7, 11) is 0. The van der Waals surface area contributed by atoms with Gasteiger partial charge in [0.25, 0.3) is 5.88 Å². The summed E-state index contributed by atoms with van der Waals surface area (Å²) in [5.74, 6) is 1.39. The van der Waals surface area contributed by atoms with E-state index in [1.807, 2.05) is 27.0 Å². The predicted molar refractivity (Wildman–Crippen MR) is 77.0 cm³/mol. The second kappa shape index (κ2) is 4.69. The van der Waals surface area contributed by atoms with Gasteiger partial charge in [-0.1, -0.05) is 20.8 Å². The first-order valence-electron chi connectivity index (χ1n) is 7.01. The van der Waals surface area contributed by atoms with Crippen molar-refractivity contribution < 1.29 is 9.47 Å². The molecule has 106 valence electrons. The van der Waals surface area contributed by atoms with Crippen LogP contribution in [0.25, 0.3) is 0 Å². The van der Waals surface area contributed by atoms with E-state index in [1.54, 1.807) is 0 Å². The van der Waals surface area contributed by atoms with E-state index in [0.717, 1.165) is 18.6 Å². The number of aromatic nitrogens is 1. The highest BCUT2D eigenvalue weighted by Crippen LogP contribution is 2.36. The first-order chi connectivity index (χ1) is 8.65. The molecular formula is C16H25NO2. The molecule has 1 saturated carbocycles. The standard InChI is InChI=1S/C16H25NO2/c1-15(2,3)11-9-13(18-12-7-8-12)14(17-10-11)19-16(4,5)6/h9-10,12H,7-8H2,1-6H3. The molecular weight excluding hydrogens is 238 g/mol. The van der Waals surface area contributed by atoms with E-state index in [-0.39, 0.29) is 11.0 Å². The van der Waals surface area contributed by atoms with E-state index in [0.29, 0.717) is 12.0 Å². The third-order valence-electron chi connectivity index (χ3n) is 2.91. The van der Waals surface area contributed by atoms with Gasteiger partial charge >= 0.3 is 0 Å². The molecule has 0 spiro atoms. The Hall–Kier alpha value is -1.25. The summed E-state index contributed by atoms with van der Waals surface area (Å²) < 4.78 is 11.8. The van der Waals surface area contributed by atoms with Crippen LogP contribution in [-0.2, 0) is 5.41 Å². The number of ether oxygens (including phenoxy) is 2. The highest BCUT2D eigenvalue weighted by Gasteiger charge is 2.28. The van der Waals surface area contributed by atoms with Crippen LogP contribution in [0.2, 0.25) is 0 Å². The molecule has 0 bridgehead atoms. The van der Waals surface area contributed by atoms with Gasteiger partial charge in [0, 0.05) is 6.20 Å². The molecule has 1 aromatic rings. The van der Waals surface area contributed by atoms with Crippen LogP contribution < -0.4 is 9.47 Å². The third kappa shape index (κ3) is 4.12. The van der Waals surface area contributed by atoms with Crippen LogP contribution in [-0.4, -0.2) is 16.7 Å². The number of nitrogens with zero attached hydrogens (tertiary/aromatic N) is 1. The van der Waals surface area contributed by atoms with Crippen molar-refractivity contribution in [3.8, 4) is 11.6 Å². The highest BCUT2D eigenvalue weighted by atomic mass is 16.5. The van der Waals surface area contributed by atoms with Crippen LogP contribution in [0.4, 0.5) is 0 Å². The highest BCUT2D eigenvalue weighted by molar-refractivity contribution is 5.39. The van der Waals surface area contributed by atoms with Gasteiger partial charge in [0.2, 0.25) is 0 Å². The van der Waals surface area contributed by atoms with Gasteiger partial charge < -0.3 is 9.47 Å². The maximum atomic E-state index is 5.95. The van der Waals surface area contributed by atoms with Gasteiger partial charge in [-0.25, -0.2) is 4.98 Å². The molecule has 1 aromatic heterocycles. The van der Waals surface area contributed by atoms with E-state index < -0.39 is 0 Å². The summed E-state index contributed by atoms with van der Waals surface area (Å²) in [4.78, 5) is 4.46. The van der Waals surface area contributed by atoms with Crippen molar-refractivity contribution in [1.82, 2.24) is 4.98 Å². The summed E-state index contributed by atoms with van der Waals surface area (Å²) in [5.41, 5.74) is 0.969. The van der Waals surface area contributed by atoms with Crippen molar-refractivity contribution in [3.05, 3.63) is 17.8 Å². The van der Waals surface area contributed by atoms with Crippen molar-refractivity contribution in [2.75, 3.05) is 0 Å². The van der Waals surface area contributed by atoms with E-state index in [2.05, 4.69) is 31.8 Å². The molecule has 0 saturated heterocycles. The largest absolute Gasteiger partial charge is 0.485 e. The topological polar surface area (TPSA) is 31.4 Å². The SMILES string of the molecule is CC(C)(C)Oc1ncc(C(C)(C)C)cc1OC1CC1. The van der Waals surface area contributed by atoms with Crippen LogP contribution in [0.15, 0.2) is 12.3 Å². The third-order valence-corrected chi connectivity index (χ3v) is 2.91. The zero-order valence-electron chi connectivity index (χ0n) is 12.9. The van der Waals surface area contributed by atoms with Crippen LogP contribution >= 0.6 is 0 Å². The van der Waals surface area contributed by atoms with Crippen molar-refractivity contribution >= 4 is 0 Å². The minimum Gasteiger partial charge on any atom is -0.485 e. The van der Waals surface area contributed by atoms with Crippen molar-refractivity contribution in [2.24, 2.45) is 0 Å². The lowest BCUT2D eigenvalue weighted by molar-refractivity contribution is 0.115. The molecule has 2 rings (SSSR count). The normalized spacial score (nSPS) is 16.3. The van der Waals surface area contributed by atoms with E-state index in [1.165, 1.54) is 5.56 Å². The van der Waals surface area contributed by atoms with Gasteiger partial charge in [0.05, 0.1) is 6.10 Å². The fourth-order valence-electron chi connectivity index (χ4n) is 1.66. The van der Waals surface area contributed by atoms with Gasteiger partial charge in [-0.05, 0) is 50.7 Å². The molecule has 1 aliphatic rings. The molecule has 0 radical (unpaired) electrons. The molecule has 0 amide bonds. The van der Waals surface area contributed by atoms with E-state index >= 15 is 0 Å². The average Bonchev–Trinajstić information content (AvgIpc) is 3.00. The van der Waals surface area contributed by atoms with Crippen LogP contribution in [0.1, 0.15) is 59.9 Å². The van der Waals surface area contributed by atoms with Crippen molar-refractivity contribution in [1.29, 1.82) is 0 Å². The van der Waals surface area contributed by atoms with Gasteiger partial charge in [-0.15, -0.1) is 0 Å². The predicted octanol–water partition coefficient (Wildman–Crippen LogP) is 4.10. The molecule has 0 unspecified atom stereocenters. The van der Waals surface area contributed by atoms with Gasteiger partial charge in [-0.2, -0.15) is 0 Å². The number of hydrogen-bond acceptors (Lipinski definition) is 3. The monoisotopic (exact) mass is 263 g/mol. The maximum absolute atomic E-state index is 5.95. The first-order valence-corrected chi connectivity index (χ1v) is 7.01. The molecule has 0 atom stereocenters. The Morgan fingerprint density at radius 1 is 1.11 bits per heavy atom. The lowest BCUT2D eigenvalue weighted by Crippen LogP contribution is -2.24. The van der Waals surface area contributed by atoms with Crippen LogP contribution in [0.3, 0.4) is 0 Å². The Kier molecular flexibility index (Phi) is 3.50. The summed E-state index contributed by atoms with van der Waals surface area (Å²) in [6.45, 7) is 12.6. The fourth-order valence-corrected chi connectivity index (χ4v) is 1.66. The minimum absolute atomic E-state index is 0.0644. The molecule has 3 heteroatoms. The second-order valence-corrected chi connectivity index (χ2v) is 7.31. The number of hydrogen-bond donors (Lipinski definition) is 0. The Morgan fingerprint density at radius 3 is 2.21 bits per heavy atom. The Morgan fingerprint density at radius 2 is 1.74 bits per heavy atom. The zero-order valence-corrected chi connectivity index (χ0v) is 12.9. The fraction of sp³-hybridized carbons (Fsp3) is 0.688. The average molecular weight is 263 g/mol. The maximum Gasteiger partial charge on any atom is 0.257 e. The Bertz CT molecular complexity index is 451. The molecule has 0 aliphatic heterocycles. The molecule has 1 aliphatic carbocycles. The van der Waals surface area contributed by atoms with Gasteiger partial charge in [-0.3, -0.25) is 0 Å². The molecule has 19 heavy (non-hydrogen) atoms. The quantitative estimate of drug-likeness (QED) is 0.822. The van der Waals surface area contributed by atoms with Crippen LogP contribution in [0, 0.1) is 0 Å². The molecule has 1 fully saturated rings. The van der Waals surface area contributed by atoms with Crippen LogP contribution in [0.5, 0.6) is 11.6 Å². The lowest BCUT2D eigenvalue weighted by atomic mass is 9.88. The molecule has 0 N–H and O–H groups in total. The van der Waals surface area contributed by atoms with E-state index in [4.69, 9.17) is 9.47 Å². The Balaban J connectivity index is 2.30.